The largest absolute Gasteiger partial charge is 0.482 e. The van der Waals surface area contributed by atoms with Gasteiger partial charge in [0.1, 0.15) is 5.75 Å². The Morgan fingerprint density at radius 2 is 2.05 bits per heavy atom. The van der Waals surface area contributed by atoms with E-state index >= 15 is 0 Å². The highest BCUT2D eigenvalue weighted by Crippen LogP contribution is 2.34. The van der Waals surface area contributed by atoms with Gasteiger partial charge >= 0.3 is 12.1 Å². The predicted molar refractivity (Wildman–Crippen MR) is 70.5 cm³/mol. The molecule has 0 N–H and O–H groups in total. The molecule has 0 radical (unpaired) electrons. The summed E-state index contributed by atoms with van der Waals surface area (Å²) in [4.78, 5) is 24.7. The van der Waals surface area contributed by atoms with Crippen LogP contribution < -0.4 is 9.64 Å². The molecule has 1 unspecified atom stereocenters. The summed E-state index contributed by atoms with van der Waals surface area (Å²) in [5, 5.41) is 0. The number of ether oxygens (including phenoxy) is 2. The van der Waals surface area contributed by atoms with E-state index in [2.05, 4.69) is 4.74 Å². The van der Waals surface area contributed by atoms with E-state index in [-0.39, 0.29) is 30.3 Å². The number of carbonyl (C=O) groups is 2. The van der Waals surface area contributed by atoms with Crippen molar-refractivity contribution < 1.29 is 32.2 Å². The topological polar surface area (TPSA) is 55.8 Å². The maximum atomic E-state index is 12.3. The first-order valence-electron chi connectivity index (χ1n) is 6.48. The molecular formula is C14H14F3NO4. The van der Waals surface area contributed by atoms with E-state index in [1.165, 1.54) is 30.2 Å². The van der Waals surface area contributed by atoms with E-state index < -0.39 is 24.7 Å². The molecule has 0 aromatic heterocycles. The van der Waals surface area contributed by atoms with Gasteiger partial charge in [-0.15, -0.1) is 0 Å². The summed E-state index contributed by atoms with van der Waals surface area (Å²) in [7, 11) is 1.22. The van der Waals surface area contributed by atoms with Crippen molar-refractivity contribution in [2.75, 3.05) is 25.2 Å². The van der Waals surface area contributed by atoms with Gasteiger partial charge in [-0.25, -0.2) is 0 Å². The Hall–Kier alpha value is -2.25. The van der Waals surface area contributed by atoms with Gasteiger partial charge in [0.2, 0.25) is 5.91 Å². The third kappa shape index (κ3) is 3.69. The second-order valence-corrected chi connectivity index (χ2v) is 4.80. The van der Waals surface area contributed by atoms with Crippen LogP contribution >= 0.6 is 0 Å². The normalized spacial score (nSPS) is 18.5. The van der Waals surface area contributed by atoms with Crippen LogP contribution in [0.1, 0.15) is 6.42 Å². The molecule has 0 aliphatic carbocycles. The van der Waals surface area contributed by atoms with E-state index in [0.717, 1.165) is 0 Å². The van der Waals surface area contributed by atoms with Crippen molar-refractivity contribution in [3.63, 3.8) is 0 Å². The van der Waals surface area contributed by atoms with Gasteiger partial charge < -0.3 is 14.4 Å². The molecule has 8 heteroatoms. The number of alkyl halides is 3. The minimum atomic E-state index is -4.48. The molecule has 1 heterocycles. The van der Waals surface area contributed by atoms with E-state index in [9.17, 15) is 22.8 Å². The number of amides is 1. The lowest BCUT2D eigenvalue weighted by molar-refractivity contribution is -0.153. The number of hydrogen-bond donors (Lipinski definition) is 0. The lowest BCUT2D eigenvalue weighted by atomic mass is 10.1. The Morgan fingerprint density at radius 3 is 2.68 bits per heavy atom. The predicted octanol–water partition coefficient (Wildman–Crippen LogP) is 2.15. The van der Waals surface area contributed by atoms with Gasteiger partial charge in [0.25, 0.3) is 0 Å². The fourth-order valence-electron chi connectivity index (χ4n) is 2.23. The molecule has 1 aliphatic heterocycles. The molecule has 1 aromatic rings. The van der Waals surface area contributed by atoms with Crippen LogP contribution in [-0.4, -0.2) is 38.3 Å². The Balaban J connectivity index is 2.18. The van der Waals surface area contributed by atoms with Crippen LogP contribution in [0.15, 0.2) is 24.3 Å². The van der Waals surface area contributed by atoms with Crippen LogP contribution in [0.5, 0.6) is 5.75 Å². The molecule has 1 aromatic carbocycles. The molecule has 0 spiro atoms. The lowest BCUT2D eigenvalue weighted by Crippen LogP contribution is -2.27. The minimum Gasteiger partial charge on any atom is -0.482 e. The van der Waals surface area contributed by atoms with Crippen molar-refractivity contribution in [1.82, 2.24) is 0 Å². The molecular weight excluding hydrogens is 303 g/mol. The fraction of sp³-hybridized carbons (Fsp3) is 0.429. The average molecular weight is 317 g/mol. The SMILES string of the molecule is COC(=O)C1CC(=O)N(c2ccccc2OCC(F)(F)F)C1. The summed E-state index contributed by atoms with van der Waals surface area (Å²) in [5.74, 6) is -1.57. The van der Waals surface area contributed by atoms with Crippen molar-refractivity contribution in [2.45, 2.75) is 12.6 Å². The van der Waals surface area contributed by atoms with Crippen molar-refractivity contribution in [2.24, 2.45) is 5.92 Å². The second kappa shape index (κ2) is 6.25. The molecule has 1 amide bonds. The summed E-state index contributed by atoms with van der Waals surface area (Å²) in [5.41, 5.74) is 0.211. The molecule has 2 rings (SSSR count). The van der Waals surface area contributed by atoms with Gasteiger partial charge in [-0.05, 0) is 12.1 Å². The Kier molecular flexibility index (Phi) is 4.58. The molecule has 1 saturated heterocycles. The lowest BCUT2D eigenvalue weighted by Gasteiger charge is -2.20. The highest BCUT2D eigenvalue weighted by atomic mass is 19.4. The molecule has 1 aliphatic rings. The van der Waals surface area contributed by atoms with E-state index in [0.29, 0.717) is 0 Å². The van der Waals surface area contributed by atoms with Crippen molar-refractivity contribution >= 4 is 17.6 Å². The Labute approximate surface area is 124 Å². The van der Waals surface area contributed by atoms with Crippen LogP contribution in [0, 0.1) is 5.92 Å². The van der Waals surface area contributed by atoms with Crippen LogP contribution in [0.2, 0.25) is 0 Å². The number of methoxy groups -OCH3 is 1. The molecule has 0 saturated carbocycles. The average Bonchev–Trinajstić information content (AvgIpc) is 2.85. The standard InChI is InChI=1S/C14H14F3NO4/c1-21-13(20)9-6-12(19)18(7-9)10-4-2-3-5-11(10)22-8-14(15,16)17/h2-5,9H,6-8H2,1H3. The summed E-state index contributed by atoms with van der Waals surface area (Å²) >= 11 is 0. The van der Waals surface area contributed by atoms with Crippen LogP contribution in [0.4, 0.5) is 18.9 Å². The van der Waals surface area contributed by atoms with Crippen molar-refractivity contribution in [1.29, 1.82) is 0 Å². The van der Waals surface area contributed by atoms with Crippen molar-refractivity contribution in [3.8, 4) is 5.75 Å². The smallest absolute Gasteiger partial charge is 0.422 e. The summed E-state index contributed by atoms with van der Waals surface area (Å²) in [6, 6.07) is 5.91. The Morgan fingerprint density at radius 1 is 1.36 bits per heavy atom. The molecule has 5 nitrogen and oxygen atoms in total. The van der Waals surface area contributed by atoms with E-state index in [1.54, 1.807) is 6.07 Å². The van der Waals surface area contributed by atoms with Gasteiger partial charge in [0.15, 0.2) is 6.61 Å². The Bertz CT molecular complexity index is 573. The third-order valence-electron chi connectivity index (χ3n) is 3.21. The number of esters is 1. The quantitative estimate of drug-likeness (QED) is 0.799. The first kappa shape index (κ1) is 16.1. The minimum absolute atomic E-state index is 0.0414. The summed E-state index contributed by atoms with van der Waals surface area (Å²) in [6.45, 7) is -1.40. The molecule has 22 heavy (non-hydrogen) atoms. The molecule has 1 fully saturated rings. The number of para-hydroxylation sites is 2. The number of carbonyl (C=O) groups excluding carboxylic acids is 2. The highest BCUT2D eigenvalue weighted by Gasteiger charge is 2.37. The number of halogens is 3. The van der Waals surface area contributed by atoms with Crippen LogP contribution in [0.25, 0.3) is 0 Å². The van der Waals surface area contributed by atoms with Gasteiger partial charge in [0, 0.05) is 13.0 Å². The maximum absolute atomic E-state index is 12.3. The van der Waals surface area contributed by atoms with Gasteiger partial charge in [-0.1, -0.05) is 12.1 Å². The monoisotopic (exact) mass is 317 g/mol. The first-order chi connectivity index (χ1) is 10.3. The first-order valence-corrected chi connectivity index (χ1v) is 6.48. The molecule has 120 valence electrons. The third-order valence-corrected chi connectivity index (χ3v) is 3.21. The zero-order chi connectivity index (χ0) is 16.3. The van der Waals surface area contributed by atoms with Crippen LogP contribution in [-0.2, 0) is 14.3 Å². The number of anilines is 1. The van der Waals surface area contributed by atoms with Crippen molar-refractivity contribution in [3.05, 3.63) is 24.3 Å². The molecule has 0 bridgehead atoms. The van der Waals surface area contributed by atoms with Gasteiger partial charge in [-0.2, -0.15) is 13.2 Å². The number of nitrogens with zero attached hydrogens (tertiary/aromatic N) is 1. The fourth-order valence-corrected chi connectivity index (χ4v) is 2.23. The second-order valence-electron chi connectivity index (χ2n) is 4.80. The number of benzene rings is 1. The van der Waals surface area contributed by atoms with Gasteiger partial charge in [-0.3, -0.25) is 9.59 Å². The number of hydrogen-bond acceptors (Lipinski definition) is 4. The zero-order valence-corrected chi connectivity index (χ0v) is 11.7. The summed E-state index contributed by atoms with van der Waals surface area (Å²) < 4.78 is 46.2. The van der Waals surface area contributed by atoms with E-state index in [1.807, 2.05) is 0 Å². The number of rotatable bonds is 4. The highest BCUT2D eigenvalue weighted by molar-refractivity contribution is 6.00. The van der Waals surface area contributed by atoms with Crippen LogP contribution in [0.3, 0.4) is 0 Å². The molecule has 1 atom stereocenters. The van der Waals surface area contributed by atoms with E-state index in [4.69, 9.17) is 4.74 Å². The summed E-state index contributed by atoms with van der Waals surface area (Å²) in [6.07, 6.45) is -4.52. The van der Waals surface area contributed by atoms with Gasteiger partial charge in [0.05, 0.1) is 18.7 Å². The maximum Gasteiger partial charge on any atom is 0.422 e. The zero-order valence-electron chi connectivity index (χ0n) is 11.7.